The minimum Gasteiger partial charge on any atom is -0.379 e. The topological polar surface area (TPSA) is 38.5 Å². The maximum absolute atomic E-state index is 13.3. The van der Waals surface area contributed by atoms with Gasteiger partial charge in [-0.3, -0.25) is 0 Å². The van der Waals surface area contributed by atoms with Crippen LogP contribution in [0.25, 0.3) is 0 Å². The SMILES string of the molecule is CCN(c1cccc(F)c1)C1(CN)CCOC1. The van der Waals surface area contributed by atoms with Crippen molar-refractivity contribution in [1.82, 2.24) is 0 Å². The predicted molar refractivity (Wildman–Crippen MR) is 66.6 cm³/mol. The number of halogens is 1. The molecule has 0 spiro atoms. The van der Waals surface area contributed by atoms with Crippen LogP contribution < -0.4 is 10.6 Å². The molecule has 0 amide bonds. The summed E-state index contributed by atoms with van der Waals surface area (Å²) in [5, 5.41) is 0. The van der Waals surface area contributed by atoms with Crippen molar-refractivity contribution in [3.05, 3.63) is 30.1 Å². The first-order chi connectivity index (χ1) is 8.22. The Morgan fingerprint density at radius 3 is 2.88 bits per heavy atom. The first-order valence-electron chi connectivity index (χ1n) is 6.03. The van der Waals surface area contributed by atoms with Gasteiger partial charge in [0.1, 0.15) is 5.82 Å². The number of rotatable bonds is 4. The van der Waals surface area contributed by atoms with Crippen molar-refractivity contribution >= 4 is 5.69 Å². The van der Waals surface area contributed by atoms with E-state index in [0.717, 1.165) is 25.3 Å². The molecule has 1 aliphatic rings. The summed E-state index contributed by atoms with van der Waals surface area (Å²) >= 11 is 0. The normalized spacial score (nSPS) is 23.9. The van der Waals surface area contributed by atoms with Crippen molar-refractivity contribution in [2.24, 2.45) is 5.73 Å². The Kier molecular flexibility index (Phi) is 3.64. The smallest absolute Gasteiger partial charge is 0.125 e. The monoisotopic (exact) mass is 238 g/mol. The van der Waals surface area contributed by atoms with Gasteiger partial charge in [0.25, 0.3) is 0 Å². The van der Waals surface area contributed by atoms with Gasteiger partial charge in [-0.25, -0.2) is 4.39 Å². The van der Waals surface area contributed by atoms with Crippen molar-refractivity contribution in [3.63, 3.8) is 0 Å². The summed E-state index contributed by atoms with van der Waals surface area (Å²) in [6, 6.07) is 6.66. The lowest BCUT2D eigenvalue weighted by Crippen LogP contribution is -2.55. The molecule has 1 unspecified atom stereocenters. The third-order valence-corrected chi connectivity index (χ3v) is 3.47. The molecule has 1 aliphatic heterocycles. The van der Waals surface area contributed by atoms with Crippen LogP contribution >= 0.6 is 0 Å². The van der Waals surface area contributed by atoms with Crippen LogP contribution in [0.5, 0.6) is 0 Å². The number of anilines is 1. The van der Waals surface area contributed by atoms with Gasteiger partial charge in [0.15, 0.2) is 0 Å². The van der Waals surface area contributed by atoms with Crippen molar-refractivity contribution in [2.45, 2.75) is 18.9 Å². The summed E-state index contributed by atoms with van der Waals surface area (Å²) in [7, 11) is 0. The maximum atomic E-state index is 13.3. The van der Waals surface area contributed by atoms with Crippen LogP contribution in [0.4, 0.5) is 10.1 Å². The zero-order valence-corrected chi connectivity index (χ0v) is 10.2. The maximum Gasteiger partial charge on any atom is 0.125 e. The molecule has 4 heteroatoms. The third-order valence-electron chi connectivity index (χ3n) is 3.47. The van der Waals surface area contributed by atoms with E-state index in [-0.39, 0.29) is 11.4 Å². The van der Waals surface area contributed by atoms with E-state index in [1.165, 1.54) is 6.07 Å². The number of hydrogen-bond donors (Lipinski definition) is 1. The standard InChI is InChI=1S/C13H19FN2O/c1-2-16(12-5-3-4-11(14)8-12)13(9-15)6-7-17-10-13/h3-5,8H,2,6-7,9-10,15H2,1H3. The molecular formula is C13H19FN2O. The van der Waals surface area contributed by atoms with E-state index in [0.29, 0.717) is 13.2 Å². The molecule has 0 aliphatic carbocycles. The number of benzene rings is 1. The fourth-order valence-corrected chi connectivity index (χ4v) is 2.52. The largest absolute Gasteiger partial charge is 0.379 e. The fourth-order valence-electron chi connectivity index (χ4n) is 2.52. The van der Waals surface area contributed by atoms with Gasteiger partial charge in [-0.1, -0.05) is 6.07 Å². The number of likely N-dealkylation sites (N-methyl/N-ethyl adjacent to an activating group) is 1. The van der Waals surface area contributed by atoms with E-state index in [1.807, 2.05) is 6.07 Å². The van der Waals surface area contributed by atoms with Gasteiger partial charge in [0.05, 0.1) is 12.1 Å². The van der Waals surface area contributed by atoms with Gasteiger partial charge in [-0.05, 0) is 31.5 Å². The summed E-state index contributed by atoms with van der Waals surface area (Å²) < 4.78 is 18.8. The number of hydrogen-bond acceptors (Lipinski definition) is 3. The van der Waals surface area contributed by atoms with E-state index in [4.69, 9.17) is 10.5 Å². The molecule has 94 valence electrons. The lowest BCUT2D eigenvalue weighted by molar-refractivity contribution is 0.177. The fraction of sp³-hybridized carbons (Fsp3) is 0.538. The lowest BCUT2D eigenvalue weighted by atomic mass is 9.95. The highest BCUT2D eigenvalue weighted by atomic mass is 19.1. The first-order valence-corrected chi connectivity index (χ1v) is 6.03. The Balaban J connectivity index is 2.32. The Hall–Kier alpha value is -1.13. The second-order valence-corrected chi connectivity index (χ2v) is 4.46. The molecule has 3 nitrogen and oxygen atoms in total. The quantitative estimate of drug-likeness (QED) is 0.868. The van der Waals surface area contributed by atoms with E-state index >= 15 is 0 Å². The summed E-state index contributed by atoms with van der Waals surface area (Å²) in [6.07, 6.45) is 0.897. The van der Waals surface area contributed by atoms with Gasteiger partial charge < -0.3 is 15.4 Å². The molecule has 0 bridgehead atoms. The van der Waals surface area contributed by atoms with Crippen molar-refractivity contribution in [1.29, 1.82) is 0 Å². The molecule has 17 heavy (non-hydrogen) atoms. The van der Waals surface area contributed by atoms with E-state index in [2.05, 4.69) is 11.8 Å². The second-order valence-electron chi connectivity index (χ2n) is 4.46. The van der Waals surface area contributed by atoms with E-state index in [9.17, 15) is 4.39 Å². The van der Waals surface area contributed by atoms with Crippen molar-refractivity contribution < 1.29 is 9.13 Å². The Labute approximate surface area is 101 Å². The highest BCUT2D eigenvalue weighted by molar-refractivity contribution is 5.49. The minimum atomic E-state index is -0.216. The predicted octanol–water partition coefficient (Wildman–Crippen LogP) is 1.77. The molecule has 0 radical (unpaired) electrons. The summed E-state index contributed by atoms with van der Waals surface area (Å²) in [6.45, 7) is 4.72. The van der Waals surface area contributed by atoms with Gasteiger partial charge in [0, 0.05) is 25.4 Å². The van der Waals surface area contributed by atoms with Crippen LogP contribution in [-0.2, 0) is 4.74 Å². The highest BCUT2D eigenvalue weighted by Crippen LogP contribution is 2.30. The number of nitrogens with zero attached hydrogens (tertiary/aromatic N) is 1. The molecule has 2 N–H and O–H groups in total. The minimum absolute atomic E-state index is 0.178. The van der Waals surface area contributed by atoms with Crippen LogP contribution in [0.3, 0.4) is 0 Å². The van der Waals surface area contributed by atoms with Crippen LogP contribution in [0.2, 0.25) is 0 Å². The molecule has 0 aromatic heterocycles. The zero-order valence-electron chi connectivity index (χ0n) is 10.2. The molecule has 1 saturated heterocycles. The molecule has 0 saturated carbocycles. The summed E-state index contributed by atoms with van der Waals surface area (Å²) in [5.74, 6) is -0.216. The molecule has 1 fully saturated rings. The molecule has 1 aromatic rings. The molecule has 2 rings (SSSR count). The van der Waals surface area contributed by atoms with Crippen molar-refractivity contribution in [2.75, 3.05) is 31.2 Å². The summed E-state index contributed by atoms with van der Waals surface area (Å²) in [5.41, 5.74) is 6.61. The van der Waals surface area contributed by atoms with E-state index in [1.54, 1.807) is 12.1 Å². The lowest BCUT2D eigenvalue weighted by Gasteiger charge is -2.40. The van der Waals surface area contributed by atoms with Gasteiger partial charge in [-0.2, -0.15) is 0 Å². The molecule has 1 aromatic carbocycles. The van der Waals surface area contributed by atoms with E-state index < -0.39 is 0 Å². The van der Waals surface area contributed by atoms with Crippen LogP contribution in [-0.4, -0.2) is 31.8 Å². The first kappa shape index (κ1) is 12.3. The zero-order chi connectivity index (χ0) is 12.3. The van der Waals surface area contributed by atoms with Crippen LogP contribution in [0, 0.1) is 5.82 Å². The Morgan fingerprint density at radius 1 is 1.53 bits per heavy atom. The van der Waals surface area contributed by atoms with Crippen LogP contribution in [0.15, 0.2) is 24.3 Å². The molecular weight excluding hydrogens is 219 g/mol. The average Bonchev–Trinajstić information content (AvgIpc) is 2.80. The number of nitrogens with two attached hydrogens (primary N) is 1. The number of ether oxygens (including phenoxy) is 1. The highest BCUT2D eigenvalue weighted by Gasteiger charge is 2.39. The summed E-state index contributed by atoms with van der Waals surface area (Å²) in [4.78, 5) is 2.16. The average molecular weight is 238 g/mol. The molecule has 1 heterocycles. The second kappa shape index (κ2) is 5.02. The van der Waals surface area contributed by atoms with Gasteiger partial charge in [0.2, 0.25) is 0 Å². The molecule has 1 atom stereocenters. The van der Waals surface area contributed by atoms with Crippen molar-refractivity contribution in [3.8, 4) is 0 Å². The third kappa shape index (κ3) is 2.28. The van der Waals surface area contributed by atoms with Gasteiger partial charge >= 0.3 is 0 Å². The Bertz CT molecular complexity index is 377. The van der Waals surface area contributed by atoms with Gasteiger partial charge in [-0.15, -0.1) is 0 Å². The van der Waals surface area contributed by atoms with Crippen LogP contribution in [0.1, 0.15) is 13.3 Å². The Morgan fingerprint density at radius 2 is 2.35 bits per heavy atom.